The summed E-state index contributed by atoms with van der Waals surface area (Å²) in [5, 5.41) is 28.9. The molecule has 0 aliphatic carbocycles. The molecule has 0 saturated carbocycles. The fraction of sp³-hybridized carbons (Fsp3) is 0.826. The van der Waals surface area contributed by atoms with Crippen LogP contribution in [0.15, 0.2) is 0 Å². The van der Waals surface area contributed by atoms with E-state index in [0.29, 0.717) is 0 Å². The number of hydrogen-bond acceptors (Lipinski definition) is 5. The first-order chi connectivity index (χ1) is 14.1. The van der Waals surface area contributed by atoms with Crippen molar-refractivity contribution in [3.8, 4) is 0 Å². The molecule has 32 heavy (non-hydrogen) atoms. The number of aliphatic carboxylic acids is 3. The maximum absolute atomic E-state index is 13.0. The smallest absolute Gasteiger partial charge is 0.326 e. The molecule has 0 spiro atoms. The fourth-order valence-corrected chi connectivity index (χ4v) is 4.88. The zero-order valence-corrected chi connectivity index (χ0v) is 21.3. The van der Waals surface area contributed by atoms with Crippen molar-refractivity contribution in [2.24, 2.45) is 5.41 Å². The van der Waals surface area contributed by atoms with Crippen LogP contribution in [0.4, 0.5) is 0 Å². The van der Waals surface area contributed by atoms with Gasteiger partial charge < -0.3 is 20.2 Å². The Morgan fingerprint density at radius 1 is 0.781 bits per heavy atom. The second-order valence-corrected chi connectivity index (χ2v) is 11.4. The highest BCUT2D eigenvalue weighted by Crippen LogP contribution is 2.47. The lowest BCUT2D eigenvalue weighted by molar-refractivity contribution is -0.182. The number of nitrogens with zero attached hydrogens (tertiary/aromatic N) is 2. The third-order valence-electron chi connectivity index (χ3n) is 5.80. The lowest BCUT2D eigenvalue weighted by Gasteiger charge is -2.59. The van der Waals surface area contributed by atoms with Gasteiger partial charge in [-0.2, -0.15) is 0 Å². The van der Waals surface area contributed by atoms with Gasteiger partial charge in [-0.15, -0.1) is 0 Å². The SMILES string of the molecule is CN(C(=O)CC[C@@](C(=O)O)(N(C(C)(C)C)C(C)(C)C)C(C)(C)C)[C@@H](CCC(=O)O)C(=O)O. The van der Waals surface area contributed by atoms with Crippen LogP contribution in [0.5, 0.6) is 0 Å². The molecule has 0 bridgehead atoms. The standard InChI is InChI=1S/C23H42N2O7/c1-20(2,3)23(19(31)32,25(21(4,5)6)22(7,8)9)14-13-16(26)24(10)15(18(29)30)11-12-17(27)28/h15H,11-14H2,1-10H3,(H,27,28)(H,29,30)(H,31,32)/t15-,23-/m0/s1. The number of carbonyl (C=O) groups excluding carboxylic acids is 1. The fourth-order valence-electron chi connectivity index (χ4n) is 4.88. The summed E-state index contributed by atoms with van der Waals surface area (Å²) >= 11 is 0. The molecule has 0 aromatic carbocycles. The third-order valence-corrected chi connectivity index (χ3v) is 5.80. The van der Waals surface area contributed by atoms with E-state index in [9.17, 15) is 29.4 Å². The first kappa shape index (κ1) is 29.8. The van der Waals surface area contributed by atoms with Crippen LogP contribution in [-0.2, 0) is 19.2 Å². The third kappa shape index (κ3) is 6.92. The maximum atomic E-state index is 13.0. The van der Waals surface area contributed by atoms with Crippen molar-refractivity contribution in [2.75, 3.05) is 7.05 Å². The predicted octanol–water partition coefficient (Wildman–Crippen LogP) is 3.31. The van der Waals surface area contributed by atoms with Crippen molar-refractivity contribution < 1.29 is 34.5 Å². The van der Waals surface area contributed by atoms with E-state index in [1.807, 2.05) is 67.2 Å². The highest BCUT2D eigenvalue weighted by molar-refractivity contribution is 5.85. The van der Waals surface area contributed by atoms with Crippen molar-refractivity contribution in [3.05, 3.63) is 0 Å². The molecule has 0 aromatic rings. The van der Waals surface area contributed by atoms with E-state index in [1.54, 1.807) is 0 Å². The average molecular weight is 459 g/mol. The molecule has 0 rings (SSSR count). The Hall–Kier alpha value is -2.16. The van der Waals surface area contributed by atoms with Crippen LogP contribution < -0.4 is 0 Å². The molecule has 0 unspecified atom stereocenters. The highest BCUT2D eigenvalue weighted by Gasteiger charge is 2.58. The summed E-state index contributed by atoms with van der Waals surface area (Å²) in [4.78, 5) is 51.2. The molecule has 9 heteroatoms. The minimum absolute atomic E-state index is 0.0329. The van der Waals surface area contributed by atoms with Crippen LogP contribution in [0.1, 0.15) is 88.0 Å². The van der Waals surface area contributed by atoms with Gasteiger partial charge in [-0.25, -0.2) is 4.79 Å². The molecule has 0 radical (unpaired) electrons. The Balaban J connectivity index is 6.23. The molecule has 0 aliphatic heterocycles. The number of hydrogen-bond donors (Lipinski definition) is 3. The minimum Gasteiger partial charge on any atom is -0.481 e. The normalized spacial score (nSPS) is 15.7. The van der Waals surface area contributed by atoms with Gasteiger partial charge in [0.25, 0.3) is 0 Å². The molecule has 0 aliphatic rings. The summed E-state index contributed by atoms with van der Waals surface area (Å²) < 4.78 is 0. The summed E-state index contributed by atoms with van der Waals surface area (Å²) in [6, 6.07) is -1.30. The van der Waals surface area contributed by atoms with Crippen LogP contribution in [0.3, 0.4) is 0 Å². The molecule has 1 amide bonds. The molecule has 0 heterocycles. The second kappa shape index (κ2) is 10.2. The quantitative estimate of drug-likeness (QED) is 0.454. The highest BCUT2D eigenvalue weighted by atomic mass is 16.4. The van der Waals surface area contributed by atoms with Crippen LogP contribution >= 0.6 is 0 Å². The molecule has 9 nitrogen and oxygen atoms in total. The summed E-state index contributed by atoms with van der Waals surface area (Å²) in [6.45, 7) is 17.1. The van der Waals surface area contributed by atoms with E-state index in [1.165, 1.54) is 7.05 Å². The van der Waals surface area contributed by atoms with Crippen molar-refractivity contribution in [1.82, 2.24) is 9.80 Å². The first-order valence-corrected chi connectivity index (χ1v) is 10.8. The van der Waals surface area contributed by atoms with E-state index < -0.39 is 58.3 Å². The van der Waals surface area contributed by atoms with E-state index in [2.05, 4.69) is 0 Å². The van der Waals surface area contributed by atoms with Gasteiger partial charge in [0.05, 0.1) is 0 Å². The number of carbonyl (C=O) groups is 4. The molecule has 0 saturated heterocycles. The van der Waals surface area contributed by atoms with Gasteiger partial charge in [0.2, 0.25) is 5.91 Å². The van der Waals surface area contributed by atoms with Crippen molar-refractivity contribution >= 4 is 23.8 Å². The van der Waals surface area contributed by atoms with E-state index in [4.69, 9.17) is 5.11 Å². The van der Waals surface area contributed by atoms with Gasteiger partial charge in [0, 0.05) is 31.0 Å². The second-order valence-electron chi connectivity index (χ2n) is 11.4. The molecule has 0 aromatic heterocycles. The molecule has 0 fully saturated rings. The Labute approximate surface area is 191 Å². The largest absolute Gasteiger partial charge is 0.481 e. The predicted molar refractivity (Wildman–Crippen MR) is 121 cm³/mol. The lowest BCUT2D eigenvalue weighted by Crippen LogP contribution is -2.72. The maximum Gasteiger partial charge on any atom is 0.326 e. The summed E-state index contributed by atoms with van der Waals surface area (Å²) in [5.41, 5.74) is -3.30. The Morgan fingerprint density at radius 2 is 1.22 bits per heavy atom. The Bertz CT molecular complexity index is 699. The van der Waals surface area contributed by atoms with Gasteiger partial charge in [0.15, 0.2) is 0 Å². The summed E-state index contributed by atoms with van der Waals surface area (Å²) in [5.74, 6) is -4.04. The molecular formula is C23H42N2O7. The number of rotatable bonds is 10. The Kier molecular flexibility index (Phi) is 9.50. The van der Waals surface area contributed by atoms with Crippen molar-refractivity contribution in [2.45, 2.75) is 111 Å². The van der Waals surface area contributed by atoms with E-state index >= 15 is 0 Å². The number of amides is 1. The summed E-state index contributed by atoms with van der Waals surface area (Å²) in [6.07, 6.45) is -0.849. The van der Waals surface area contributed by atoms with Gasteiger partial charge in [-0.05, 0) is 59.8 Å². The van der Waals surface area contributed by atoms with Crippen LogP contribution in [0.2, 0.25) is 0 Å². The number of carboxylic acid groups (broad SMARTS) is 3. The minimum atomic E-state index is -1.43. The summed E-state index contributed by atoms with van der Waals surface area (Å²) in [7, 11) is 1.31. The molecule has 186 valence electrons. The van der Waals surface area contributed by atoms with Gasteiger partial charge in [-0.3, -0.25) is 19.3 Å². The zero-order chi connectivity index (χ0) is 25.9. The van der Waals surface area contributed by atoms with Gasteiger partial charge >= 0.3 is 17.9 Å². The lowest BCUT2D eigenvalue weighted by atomic mass is 9.66. The van der Waals surface area contributed by atoms with Crippen molar-refractivity contribution in [1.29, 1.82) is 0 Å². The Morgan fingerprint density at radius 3 is 1.50 bits per heavy atom. The van der Waals surface area contributed by atoms with Crippen molar-refractivity contribution in [3.63, 3.8) is 0 Å². The zero-order valence-electron chi connectivity index (χ0n) is 21.3. The van der Waals surface area contributed by atoms with Gasteiger partial charge in [0.1, 0.15) is 11.6 Å². The van der Waals surface area contributed by atoms with Crippen LogP contribution in [0.25, 0.3) is 0 Å². The van der Waals surface area contributed by atoms with E-state index in [-0.39, 0.29) is 19.3 Å². The molecular weight excluding hydrogens is 416 g/mol. The van der Waals surface area contributed by atoms with E-state index in [0.717, 1.165) is 4.90 Å². The molecule has 3 N–H and O–H groups in total. The number of likely N-dealkylation sites (N-methyl/N-ethyl adjacent to an activating group) is 1. The monoisotopic (exact) mass is 458 g/mol. The van der Waals surface area contributed by atoms with Crippen LogP contribution in [-0.4, -0.2) is 78.6 Å². The topological polar surface area (TPSA) is 135 Å². The van der Waals surface area contributed by atoms with Crippen LogP contribution in [0, 0.1) is 5.41 Å². The first-order valence-electron chi connectivity index (χ1n) is 10.8. The molecule has 2 atom stereocenters. The average Bonchev–Trinajstić information content (AvgIpc) is 2.53. The van der Waals surface area contributed by atoms with Gasteiger partial charge in [-0.1, -0.05) is 20.8 Å². The number of carboxylic acids is 3.